The third-order valence-corrected chi connectivity index (χ3v) is 1.99. The standard InChI is InChI=1S/C11H14N2O/c1-8(12)11(14)13-9(2)10-6-4-3-5-7-10/h3-7,9,12H,1-2H3,(H,13,14). The minimum atomic E-state index is -0.318. The molecular formula is C11H14N2O. The van der Waals surface area contributed by atoms with Crippen LogP contribution in [0.3, 0.4) is 0 Å². The highest BCUT2D eigenvalue weighted by molar-refractivity contribution is 6.36. The van der Waals surface area contributed by atoms with Crippen LogP contribution in [0.4, 0.5) is 0 Å². The lowest BCUT2D eigenvalue weighted by molar-refractivity contribution is -0.115. The highest BCUT2D eigenvalue weighted by Gasteiger charge is 2.09. The maximum absolute atomic E-state index is 11.2. The van der Waals surface area contributed by atoms with Crippen LogP contribution in [-0.2, 0) is 4.79 Å². The number of carbonyl (C=O) groups excluding carboxylic acids is 1. The highest BCUT2D eigenvalue weighted by Crippen LogP contribution is 2.10. The van der Waals surface area contributed by atoms with Crippen LogP contribution < -0.4 is 5.32 Å². The SMILES string of the molecule is CC(=N)C(=O)NC(C)c1ccccc1. The Labute approximate surface area is 83.7 Å². The third-order valence-electron chi connectivity index (χ3n) is 1.99. The number of amides is 1. The number of rotatable bonds is 3. The van der Waals surface area contributed by atoms with Gasteiger partial charge in [0.1, 0.15) is 0 Å². The molecular weight excluding hydrogens is 176 g/mol. The van der Waals surface area contributed by atoms with Gasteiger partial charge >= 0.3 is 0 Å². The van der Waals surface area contributed by atoms with Crippen LogP contribution in [0, 0.1) is 5.41 Å². The van der Waals surface area contributed by atoms with Crippen LogP contribution in [0.1, 0.15) is 25.5 Å². The Morgan fingerprint density at radius 1 is 1.36 bits per heavy atom. The van der Waals surface area contributed by atoms with E-state index in [0.717, 1.165) is 5.56 Å². The average Bonchev–Trinajstić information content (AvgIpc) is 2.19. The van der Waals surface area contributed by atoms with Crippen molar-refractivity contribution in [1.82, 2.24) is 5.32 Å². The van der Waals surface area contributed by atoms with Crippen LogP contribution in [0.15, 0.2) is 30.3 Å². The van der Waals surface area contributed by atoms with E-state index in [2.05, 4.69) is 5.32 Å². The first kappa shape index (κ1) is 10.4. The summed E-state index contributed by atoms with van der Waals surface area (Å²) in [5.74, 6) is -0.318. The van der Waals surface area contributed by atoms with Crippen LogP contribution in [-0.4, -0.2) is 11.6 Å². The normalized spacial score (nSPS) is 11.9. The van der Waals surface area contributed by atoms with Crippen molar-refractivity contribution in [3.8, 4) is 0 Å². The maximum atomic E-state index is 11.2. The number of hydrogen-bond donors (Lipinski definition) is 2. The Bertz CT molecular complexity index is 332. The summed E-state index contributed by atoms with van der Waals surface area (Å²) in [6.45, 7) is 3.38. The summed E-state index contributed by atoms with van der Waals surface area (Å²) in [7, 11) is 0. The molecule has 1 aromatic carbocycles. The summed E-state index contributed by atoms with van der Waals surface area (Å²) in [6, 6.07) is 9.63. The van der Waals surface area contributed by atoms with Crippen molar-refractivity contribution in [1.29, 1.82) is 5.41 Å². The minimum absolute atomic E-state index is 0.0350. The van der Waals surface area contributed by atoms with Crippen molar-refractivity contribution in [2.45, 2.75) is 19.9 Å². The van der Waals surface area contributed by atoms with E-state index < -0.39 is 0 Å². The van der Waals surface area contributed by atoms with E-state index in [4.69, 9.17) is 5.41 Å². The summed E-state index contributed by atoms with van der Waals surface area (Å²) >= 11 is 0. The molecule has 0 spiro atoms. The van der Waals surface area contributed by atoms with Crippen LogP contribution in [0.25, 0.3) is 0 Å². The number of hydrogen-bond acceptors (Lipinski definition) is 2. The molecule has 1 amide bonds. The first-order valence-corrected chi connectivity index (χ1v) is 4.52. The molecule has 1 rings (SSSR count). The summed E-state index contributed by atoms with van der Waals surface area (Å²) in [4.78, 5) is 11.2. The van der Waals surface area contributed by atoms with E-state index in [9.17, 15) is 4.79 Å². The first-order valence-electron chi connectivity index (χ1n) is 4.52. The van der Waals surface area contributed by atoms with Gasteiger partial charge in [-0.1, -0.05) is 30.3 Å². The first-order chi connectivity index (χ1) is 6.61. The maximum Gasteiger partial charge on any atom is 0.265 e. The topological polar surface area (TPSA) is 53.0 Å². The van der Waals surface area contributed by atoms with Gasteiger partial charge in [-0.25, -0.2) is 0 Å². The molecule has 1 aromatic rings. The molecule has 1 unspecified atom stereocenters. The van der Waals surface area contributed by atoms with E-state index >= 15 is 0 Å². The van der Waals surface area contributed by atoms with Crippen LogP contribution >= 0.6 is 0 Å². The van der Waals surface area contributed by atoms with Crippen molar-refractivity contribution >= 4 is 11.6 Å². The quantitative estimate of drug-likeness (QED) is 0.703. The summed E-state index contributed by atoms with van der Waals surface area (Å²) in [6.07, 6.45) is 0. The molecule has 0 heterocycles. The van der Waals surface area contributed by atoms with Gasteiger partial charge < -0.3 is 5.32 Å². The van der Waals surface area contributed by atoms with Crippen molar-refractivity contribution in [2.75, 3.05) is 0 Å². The lowest BCUT2D eigenvalue weighted by Crippen LogP contribution is -2.31. The predicted molar refractivity (Wildman–Crippen MR) is 56.4 cm³/mol. The lowest BCUT2D eigenvalue weighted by Gasteiger charge is -2.13. The Morgan fingerprint density at radius 3 is 2.43 bits per heavy atom. The fourth-order valence-electron chi connectivity index (χ4n) is 1.13. The van der Waals surface area contributed by atoms with Crippen LogP contribution in [0.5, 0.6) is 0 Å². The van der Waals surface area contributed by atoms with Gasteiger partial charge in [0.2, 0.25) is 0 Å². The molecule has 3 heteroatoms. The molecule has 2 N–H and O–H groups in total. The Balaban J connectivity index is 2.64. The van der Waals surface area contributed by atoms with Gasteiger partial charge in [-0.15, -0.1) is 0 Å². The molecule has 14 heavy (non-hydrogen) atoms. The second-order valence-electron chi connectivity index (χ2n) is 3.23. The van der Waals surface area contributed by atoms with Gasteiger partial charge in [0.15, 0.2) is 0 Å². The van der Waals surface area contributed by atoms with E-state index in [-0.39, 0.29) is 17.7 Å². The zero-order chi connectivity index (χ0) is 10.6. The highest BCUT2D eigenvalue weighted by atomic mass is 16.1. The van der Waals surface area contributed by atoms with E-state index in [1.54, 1.807) is 0 Å². The van der Waals surface area contributed by atoms with Gasteiger partial charge in [0.05, 0.1) is 11.8 Å². The minimum Gasteiger partial charge on any atom is -0.345 e. The fourth-order valence-corrected chi connectivity index (χ4v) is 1.13. The summed E-state index contributed by atoms with van der Waals surface area (Å²) in [5.41, 5.74) is 1.08. The molecule has 0 saturated carbocycles. The van der Waals surface area contributed by atoms with Gasteiger partial charge in [-0.2, -0.15) is 0 Å². The molecule has 0 fully saturated rings. The van der Waals surface area contributed by atoms with Crippen molar-refractivity contribution in [2.24, 2.45) is 0 Å². The molecule has 0 saturated heterocycles. The van der Waals surface area contributed by atoms with E-state index in [1.165, 1.54) is 6.92 Å². The van der Waals surface area contributed by atoms with Gasteiger partial charge in [-0.05, 0) is 19.4 Å². The molecule has 1 atom stereocenters. The summed E-state index contributed by atoms with van der Waals surface area (Å²) < 4.78 is 0. The molecule has 0 aliphatic carbocycles. The largest absolute Gasteiger partial charge is 0.345 e. The molecule has 0 bridgehead atoms. The second kappa shape index (κ2) is 4.56. The van der Waals surface area contributed by atoms with Gasteiger partial charge in [-0.3, -0.25) is 10.2 Å². The van der Waals surface area contributed by atoms with E-state index in [0.29, 0.717) is 0 Å². The predicted octanol–water partition coefficient (Wildman–Crippen LogP) is 1.90. The summed E-state index contributed by atoms with van der Waals surface area (Å²) in [5, 5.41) is 9.88. The van der Waals surface area contributed by atoms with E-state index in [1.807, 2.05) is 37.3 Å². The number of nitrogens with one attached hydrogen (secondary N) is 2. The molecule has 0 aliphatic rings. The zero-order valence-electron chi connectivity index (χ0n) is 8.37. The molecule has 3 nitrogen and oxygen atoms in total. The van der Waals surface area contributed by atoms with Crippen molar-refractivity contribution < 1.29 is 4.79 Å². The third kappa shape index (κ3) is 2.69. The lowest BCUT2D eigenvalue weighted by atomic mass is 10.1. The number of carbonyl (C=O) groups is 1. The molecule has 0 aliphatic heterocycles. The Hall–Kier alpha value is -1.64. The average molecular weight is 190 g/mol. The fraction of sp³-hybridized carbons (Fsp3) is 0.273. The van der Waals surface area contributed by atoms with Crippen LogP contribution in [0.2, 0.25) is 0 Å². The monoisotopic (exact) mass is 190 g/mol. The Morgan fingerprint density at radius 2 is 1.93 bits per heavy atom. The molecule has 74 valence electrons. The van der Waals surface area contributed by atoms with Crippen molar-refractivity contribution in [3.05, 3.63) is 35.9 Å². The van der Waals surface area contributed by atoms with Gasteiger partial charge in [0.25, 0.3) is 5.91 Å². The molecule has 0 aromatic heterocycles. The smallest absolute Gasteiger partial charge is 0.265 e. The second-order valence-corrected chi connectivity index (χ2v) is 3.23. The van der Waals surface area contributed by atoms with Crippen molar-refractivity contribution in [3.63, 3.8) is 0 Å². The Kier molecular flexibility index (Phi) is 3.40. The number of benzene rings is 1. The van der Waals surface area contributed by atoms with Gasteiger partial charge in [0, 0.05) is 0 Å². The zero-order valence-corrected chi connectivity index (χ0v) is 8.37. The molecule has 0 radical (unpaired) electrons.